The topological polar surface area (TPSA) is 28.5 Å². The van der Waals surface area contributed by atoms with Gasteiger partial charge in [-0.05, 0) is 73.2 Å². The average Bonchev–Trinajstić information content (AvgIpc) is 3.22. The number of benzene rings is 3. The quantitative estimate of drug-likeness (QED) is 0.328. The molecule has 1 aliphatic rings. The highest BCUT2D eigenvalue weighted by Gasteiger charge is 2.19. The van der Waals surface area contributed by atoms with E-state index in [1.165, 1.54) is 39.6 Å². The van der Waals surface area contributed by atoms with Crippen molar-refractivity contribution in [1.82, 2.24) is 14.4 Å². The molecule has 5 rings (SSSR count). The fourth-order valence-corrected chi connectivity index (χ4v) is 5.20. The molecule has 2 heterocycles. The van der Waals surface area contributed by atoms with E-state index in [0.29, 0.717) is 0 Å². The average molecular weight is 466 g/mol. The second-order valence-corrected chi connectivity index (χ2v) is 9.90. The number of nitrogens with zero attached hydrogens (tertiary/aromatic N) is 3. The van der Waals surface area contributed by atoms with Gasteiger partial charge in [-0.1, -0.05) is 54.6 Å². The number of hydrogen-bond donors (Lipinski definition) is 0. The van der Waals surface area contributed by atoms with Crippen molar-refractivity contribution in [3.05, 3.63) is 95.7 Å². The summed E-state index contributed by atoms with van der Waals surface area (Å²) in [5.41, 5.74) is 7.13. The summed E-state index contributed by atoms with van der Waals surface area (Å²) in [4.78, 5) is 17.5. The van der Waals surface area contributed by atoms with E-state index in [1.807, 2.05) is 11.0 Å². The molecule has 35 heavy (non-hydrogen) atoms. The first kappa shape index (κ1) is 23.4. The third-order valence-corrected chi connectivity index (χ3v) is 7.25. The normalized spacial score (nSPS) is 14.1. The fourth-order valence-electron chi connectivity index (χ4n) is 5.20. The van der Waals surface area contributed by atoms with E-state index in [0.717, 1.165) is 51.0 Å². The van der Waals surface area contributed by atoms with E-state index >= 15 is 0 Å². The zero-order valence-corrected chi connectivity index (χ0v) is 20.9. The maximum absolute atomic E-state index is 13.1. The Morgan fingerprint density at radius 3 is 2.34 bits per heavy atom. The van der Waals surface area contributed by atoms with Crippen LogP contribution in [0.3, 0.4) is 0 Å². The van der Waals surface area contributed by atoms with Gasteiger partial charge in [-0.3, -0.25) is 4.79 Å². The zero-order valence-electron chi connectivity index (χ0n) is 20.9. The van der Waals surface area contributed by atoms with E-state index in [2.05, 4.69) is 96.5 Å². The molecule has 4 nitrogen and oxygen atoms in total. The first-order chi connectivity index (χ1) is 17.1. The number of carbonyl (C=O) groups is 1. The third-order valence-electron chi connectivity index (χ3n) is 7.25. The molecule has 0 atom stereocenters. The predicted molar refractivity (Wildman–Crippen MR) is 145 cm³/mol. The Morgan fingerprint density at radius 1 is 0.886 bits per heavy atom. The lowest BCUT2D eigenvalue weighted by Gasteiger charge is -2.26. The summed E-state index contributed by atoms with van der Waals surface area (Å²) in [6, 6.07) is 25.6. The van der Waals surface area contributed by atoms with Crippen molar-refractivity contribution >= 4 is 16.8 Å². The van der Waals surface area contributed by atoms with Crippen LogP contribution in [0.2, 0.25) is 0 Å². The van der Waals surface area contributed by atoms with Gasteiger partial charge in [-0.2, -0.15) is 0 Å². The number of aryl methyl sites for hydroxylation is 1. The Bertz CT molecular complexity index is 1280. The van der Waals surface area contributed by atoms with Gasteiger partial charge in [0.15, 0.2) is 0 Å². The van der Waals surface area contributed by atoms with Crippen LogP contribution in [0.15, 0.2) is 79.0 Å². The van der Waals surface area contributed by atoms with Gasteiger partial charge >= 0.3 is 0 Å². The molecule has 1 saturated heterocycles. The minimum Gasteiger partial charge on any atom is -0.350 e. The zero-order chi connectivity index (χ0) is 24.2. The number of hydrogen-bond acceptors (Lipinski definition) is 2. The Labute approximate surface area is 208 Å². The lowest BCUT2D eigenvalue weighted by atomic mass is 10.0. The molecule has 4 heteroatoms. The molecule has 1 amide bonds. The van der Waals surface area contributed by atoms with Gasteiger partial charge in [0.2, 0.25) is 0 Å². The molecule has 3 aromatic carbocycles. The second kappa shape index (κ2) is 10.5. The van der Waals surface area contributed by atoms with E-state index < -0.39 is 0 Å². The molecule has 1 aromatic heterocycles. The standard InChI is InChI=1S/C31H35N3O/c1-32(20-17-24-11-13-26(14-12-24)25-9-5-3-6-10-25)22-28-23-33(2)30-16-15-27(21-29(28)30)31(35)34-18-7-4-8-19-34/h3,5-6,9-16,21,23H,4,7-8,17-20,22H2,1-2H3. The van der Waals surface area contributed by atoms with E-state index in [-0.39, 0.29) is 5.91 Å². The summed E-state index contributed by atoms with van der Waals surface area (Å²) in [5, 5.41) is 1.19. The molecule has 1 aliphatic heterocycles. The summed E-state index contributed by atoms with van der Waals surface area (Å²) in [7, 11) is 4.27. The van der Waals surface area contributed by atoms with Crippen LogP contribution in [-0.2, 0) is 20.0 Å². The van der Waals surface area contributed by atoms with Crippen LogP contribution >= 0.6 is 0 Å². The number of piperidine rings is 1. The first-order valence-electron chi connectivity index (χ1n) is 12.8. The van der Waals surface area contributed by atoms with Crippen LogP contribution in [0.5, 0.6) is 0 Å². The van der Waals surface area contributed by atoms with Crippen LogP contribution in [0, 0.1) is 0 Å². The molecule has 180 valence electrons. The number of carbonyl (C=O) groups excluding carboxylic acids is 1. The van der Waals surface area contributed by atoms with Gasteiger partial charge < -0.3 is 14.4 Å². The van der Waals surface area contributed by atoms with Crippen molar-refractivity contribution in [2.75, 3.05) is 26.7 Å². The van der Waals surface area contributed by atoms with E-state index in [1.54, 1.807) is 0 Å². The Balaban J connectivity index is 1.25. The Hall–Kier alpha value is -3.37. The molecule has 0 unspecified atom stereocenters. The van der Waals surface area contributed by atoms with Crippen LogP contribution in [0.25, 0.3) is 22.0 Å². The molecule has 0 saturated carbocycles. The van der Waals surface area contributed by atoms with Crippen molar-refractivity contribution in [2.45, 2.75) is 32.2 Å². The summed E-state index contributed by atoms with van der Waals surface area (Å²) in [5.74, 6) is 0.175. The number of aromatic nitrogens is 1. The molecule has 0 N–H and O–H groups in total. The molecule has 1 fully saturated rings. The first-order valence-corrected chi connectivity index (χ1v) is 12.8. The summed E-state index contributed by atoms with van der Waals surface area (Å²) in [6.45, 7) is 3.61. The molecule has 0 aliphatic carbocycles. The SMILES string of the molecule is CN(CCc1ccc(-c2ccccc2)cc1)Cc1cn(C)c2ccc(C(=O)N3CCCCC3)cc12. The predicted octanol–water partition coefficient (Wildman–Crippen LogP) is 6.15. The molecule has 0 spiro atoms. The minimum absolute atomic E-state index is 0.175. The fraction of sp³-hybridized carbons (Fsp3) is 0.323. The van der Waals surface area contributed by atoms with Crippen molar-refractivity contribution in [1.29, 1.82) is 0 Å². The maximum atomic E-state index is 13.1. The smallest absolute Gasteiger partial charge is 0.253 e. The lowest BCUT2D eigenvalue weighted by molar-refractivity contribution is 0.0724. The van der Waals surface area contributed by atoms with Crippen LogP contribution in [0.4, 0.5) is 0 Å². The summed E-state index contributed by atoms with van der Waals surface area (Å²) < 4.78 is 2.18. The molecular formula is C31H35N3O. The molecule has 0 radical (unpaired) electrons. The number of rotatable bonds is 7. The van der Waals surface area contributed by atoms with Crippen molar-refractivity contribution in [2.24, 2.45) is 7.05 Å². The Kier molecular flexibility index (Phi) is 7.01. The van der Waals surface area contributed by atoms with E-state index in [9.17, 15) is 4.79 Å². The number of amides is 1. The summed E-state index contributed by atoms with van der Waals surface area (Å²) >= 11 is 0. The van der Waals surface area contributed by atoms with E-state index in [4.69, 9.17) is 0 Å². The number of likely N-dealkylation sites (tertiary alicyclic amines) is 1. The molecule has 4 aromatic rings. The van der Waals surface area contributed by atoms with Gasteiger partial charge in [0.1, 0.15) is 0 Å². The highest BCUT2D eigenvalue weighted by atomic mass is 16.2. The van der Waals surface area contributed by atoms with Crippen molar-refractivity contribution in [3.8, 4) is 11.1 Å². The van der Waals surface area contributed by atoms with Crippen molar-refractivity contribution in [3.63, 3.8) is 0 Å². The van der Waals surface area contributed by atoms with Gasteiger partial charge in [0.25, 0.3) is 5.91 Å². The van der Waals surface area contributed by atoms with Crippen LogP contribution < -0.4 is 0 Å². The summed E-state index contributed by atoms with van der Waals surface area (Å²) in [6.07, 6.45) is 6.68. The molecule has 0 bridgehead atoms. The highest BCUT2D eigenvalue weighted by Crippen LogP contribution is 2.25. The van der Waals surface area contributed by atoms with Gasteiger partial charge in [0, 0.05) is 55.9 Å². The van der Waals surface area contributed by atoms with Crippen LogP contribution in [-0.4, -0.2) is 47.0 Å². The Morgan fingerprint density at radius 2 is 1.60 bits per heavy atom. The molecular weight excluding hydrogens is 430 g/mol. The lowest BCUT2D eigenvalue weighted by Crippen LogP contribution is -2.35. The number of fused-ring (bicyclic) bond motifs is 1. The third kappa shape index (κ3) is 5.33. The van der Waals surface area contributed by atoms with Gasteiger partial charge in [0.05, 0.1) is 0 Å². The maximum Gasteiger partial charge on any atom is 0.253 e. The van der Waals surface area contributed by atoms with Gasteiger partial charge in [-0.15, -0.1) is 0 Å². The monoisotopic (exact) mass is 465 g/mol. The minimum atomic E-state index is 0.175. The second-order valence-electron chi connectivity index (χ2n) is 9.90. The number of likely N-dealkylation sites (N-methyl/N-ethyl adjacent to an activating group) is 1. The highest BCUT2D eigenvalue weighted by molar-refractivity contribution is 5.99. The van der Waals surface area contributed by atoms with Crippen molar-refractivity contribution < 1.29 is 4.79 Å². The largest absolute Gasteiger partial charge is 0.350 e. The van der Waals surface area contributed by atoms with Gasteiger partial charge in [-0.25, -0.2) is 0 Å². The van der Waals surface area contributed by atoms with Crippen LogP contribution in [0.1, 0.15) is 40.7 Å².